The largest absolute Gasteiger partial charge is 0.356 e. The molecule has 0 spiro atoms. The van der Waals surface area contributed by atoms with Crippen LogP contribution in [0.15, 0.2) is 30.3 Å². The number of benzene rings is 1. The molecule has 3 aromatic rings. The standard InChI is InChI=1S/C27H30N4OS/c32-26(28-20-11-12-20)19-14-16-31(17-15-19)25-24-21-8-4-5-9-22(21)33-27(24)30-23(29-25)13-10-18-6-2-1-3-7-18/h1-3,6-7,10,13,19-20H,4-5,8-9,11-12,14-17H2,(H,28,32). The van der Waals surface area contributed by atoms with Gasteiger partial charge in [0.05, 0.1) is 5.39 Å². The molecule has 5 nitrogen and oxygen atoms in total. The lowest BCUT2D eigenvalue weighted by Gasteiger charge is -2.33. The number of thiophene rings is 1. The predicted octanol–water partition coefficient (Wildman–Crippen LogP) is 5.24. The highest BCUT2D eigenvalue weighted by Crippen LogP contribution is 2.40. The molecule has 1 aromatic carbocycles. The SMILES string of the molecule is O=C(NC1CC1)C1CCN(c2nc(C=Cc3ccccc3)nc3sc4c(c23)CCCC4)CC1. The monoisotopic (exact) mass is 458 g/mol. The van der Waals surface area contributed by atoms with Crippen molar-refractivity contribution < 1.29 is 4.79 Å². The molecule has 2 aliphatic carbocycles. The summed E-state index contributed by atoms with van der Waals surface area (Å²) in [5, 5.41) is 4.47. The number of amides is 1. The molecular weight excluding hydrogens is 428 g/mol. The zero-order valence-electron chi connectivity index (χ0n) is 18.9. The van der Waals surface area contributed by atoms with Gasteiger partial charge in [-0.15, -0.1) is 11.3 Å². The minimum atomic E-state index is 0.132. The Morgan fingerprint density at radius 3 is 2.58 bits per heavy atom. The van der Waals surface area contributed by atoms with Crippen molar-refractivity contribution in [3.05, 3.63) is 52.2 Å². The van der Waals surface area contributed by atoms with E-state index in [9.17, 15) is 4.79 Å². The number of aromatic nitrogens is 2. The van der Waals surface area contributed by atoms with Crippen molar-refractivity contribution in [2.24, 2.45) is 5.92 Å². The predicted molar refractivity (Wildman–Crippen MR) is 136 cm³/mol. The van der Waals surface area contributed by atoms with E-state index in [1.807, 2.05) is 35.6 Å². The van der Waals surface area contributed by atoms with Gasteiger partial charge in [0.2, 0.25) is 5.91 Å². The van der Waals surface area contributed by atoms with Crippen LogP contribution in [0.4, 0.5) is 5.82 Å². The number of nitrogens with zero attached hydrogens (tertiary/aromatic N) is 3. The van der Waals surface area contributed by atoms with Crippen molar-refractivity contribution in [2.45, 2.75) is 57.4 Å². The fraction of sp³-hybridized carbons (Fsp3) is 0.444. The highest BCUT2D eigenvalue weighted by atomic mass is 32.1. The Hall–Kier alpha value is -2.73. The van der Waals surface area contributed by atoms with Gasteiger partial charge in [-0.3, -0.25) is 4.79 Å². The Morgan fingerprint density at radius 1 is 1.00 bits per heavy atom. The molecule has 2 fully saturated rings. The summed E-state index contributed by atoms with van der Waals surface area (Å²) in [6.07, 6.45) is 13.0. The average molecular weight is 459 g/mol. The van der Waals surface area contributed by atoms with Crippen LogP contribution in [-0.2, 0) is 17.6 Å². The van der Waals surface area contributed by atoms with Crippen molar-refractivity contribution in [1.29, 1.82) is 0 Å². The van der Waals surface area contributed by atoms with Gasteiger partial charge in [0.1, 0.15) is 10.6 Å². The fourth-order valence-corrected chi connectivity index (χ4v) is 6.36. The highest BCUT2D eigenvalue weighted by Gasteiger charge is 2.31. The molecule has 1 amide bonds. The van der Waals surface area contributed by atoms with E-state index in [-0.39, 0.29) is 11.8 Å². The quantitative estimate of drug-likeness (QED) is 0.568. The van der Waals surface area contributed by atoms with Crippen molar-refractivity contribution >= 4 is 45.4 Å². The van der Waals surface area contributed by atoms with Crippen molar-refractivity contribution in [3.8, 4) is 0 Å². The Kier molecular flexibility index (Phi) is 5.62. The van der Waals surface area contributed by atoms with Crippen LogP contribution < -0.4 is 10.2 Å². The Labute approximate surface area is 198 Å². The van der Waals surface area contributed by atoms with Gasteiger partial charge in [-0.25, -0.2) is 9.97 Å². The van der Waals surface area contributed by atoms with Gasteiger partial charge in [-0.05, 0) is 68.6 Å². The van der Waals surface area contributed by atoms with Gasteiger partial charge in [-0.2, -0.15) is 0 Å². The first-order valence-corrected chi connectivity index (χ1v) is 13.2. The fourth-order valence-electron chi connectivity index (χ4n) is 5.09. The van der Waals surface area contributed by atoms with Crippen LogP contribution in [0, 0.1) is 5.92 Å². The number of anilines is 1. The number of aryl methyl sites for hydroxylation is 2. The van der Waals surface area contributed by atoms with Gasteiger partial charge in [0, 0.05) is 29.9 Å². The molecule has 170 valence electrons. The van der Waals surface area contributed by atoms with Crippen molar-refractivity contribution in [3.63, 3.8) is 0 Å². The number of hydrogen-bond donors (Lipinski definition) is 1. The minimum Gasteiger partial charge on any atom is -0.356 e. The summed E-state index contributed by atoms with van der Waals surface area (Å²) in [7, 11) is 0. The minimum absolute atomic E-state index is 0.132. The molecule has 3 heterocycles. The molecule has 6 rings (SSSR count). The summed E-state index contributed by atoms with van der Waals surface area (Å²) in [5.41, 5.74) is 2.62. The van der Waals surface area contributed by atoms with Gasteiger partial charge in [0.25, 0.3) is 0 Å². The molecular formula is C27H30N4OS. The molecule has 0 unspecified atom stereocenters. The van der Waals surface area contributed by atoms with E-state index in [0.717, 1.165) is 73.7 Å². The van der Waals surface area contributed by atoms with Gasteiger partial charge in [-0.1, -0.05) is 36.4 Å². The summed E-state index contributed by atoms with van der Waals surface area (Å²) >= 11 is 1.86. The second-order valence-corrected chi connectivity index (χ2v) is 10.7. The lowest BCUT2D eigenvalue weighted by Crippen LogP contribution is -2.41. The summed E-state index contributed by atoms with van der Waals surface area (Å²) in [6, 6.07) is 10.8. The maximum Gasteiger partial charge on any atom is 0.223 e. The maximum atomic E-state index is 12.6. The van der Waals surface area contributed by atoms with Gasteiger partial charge >= 0.3 is 0 Å². The third-order valence-corrected chi connectivity index (χ3v) is 8.31. The molecule has 1 aliphatic heterocycles. The molecule has 1 saturated carbocycles. The van der Waals surface area contributed by atoms with Crippen LogP contribution in [0.2, 0.25) is 0 Å². The van der Waals surface area contributed by atoms with E-state index in [0.29, 0.717) is 6.04 Å². The third-order valence-electron chi connectivity index (χ3n) is 7.13. The normalized spacial score (nSPS) is 19.2. The number of hydrogen-bond acceptors (Lipinski definition) is 5. The van der Waals surface area contributed by atoms with Gasteiger partial charge < -0.3 is 10.2 Å². The van der Waals surface area contributed by atoms with Crippen LogP contribution in [-0.4, -0.2) is 35.0 Å². The smallest absolute Gasteiger partial charge is 0.223 e. The lowest BCUT2D eigenvalue weighted by molar-refractivity contribution is -0.125. The summed E-state index contributed by atoms with van der Waals surface area (Å²) in [5.74, 6) is 2.24. The van der Waals surface area contributed by atoms with E-state index in [2.05, 4.69) is 28.4 Å². The van der Waals surface area contributed by atoms with Gasteiger partial charge in [0.15, 0.2) is 5.82 Å². The molecule has 0 radical (unpaired) electrons. The van der Waals surface area contributed by atoms with Crippen LogP contribution in [0.5, 0.6) is 0 Å². The Balaban J connectivity index is 1.31. The van der Waals surface area contributed by atoms with E-state index in [1.165, 1.54) is 28.7 Å². The second kappa shape index (κ2) is 8.90. The van der Waals surface area contributed by atoms with Crippen LogP contribution in [0.1, 0.15) is 60.4 Å². The summed E-state index contributed by atoms with van der Waals surface area (Å²) in [4.78, 5) is 27.6. The zero-order valence-corrected chi connectivity index (χ0v) is 19.7. The molecule has 1 N–H and O–H groups in total. The number of piperidine rings is 1. The zero-order chi connectivity index (χ0) is 22.2. The maximum absolute atomic E-state index is 12.6. The molecule has 33 heavy (non-hydrogen) atoms. The van der Waals surface area contributed by atoms with Crippen LogP contribution in [0.25, 0.3) is 22.4 Å². The van der Waals surface area contributed by atoms with Crippen LogP contribution in [0.3, 0.4) is 0 Å². The molecule has 0 bridgehead atoms. The molecule has 2 aromatic heterocycles. The molecule has 3 aliphatic rings. The first-order chi connectivity index (χ1) is 16.2. The average Bonchev–Trinajstić information content (AvgIpc) is 3.60. The third kappa shape index (κ3) is 4.41. The number of carbonyl (C=O) groups is 1. The summed E-state index contributed by atoms with van der Waals surface area (Å²) < 4.78 is 0. The topological polar surface area (TPSA) is 58.1 Å². The molecule has 0 atom stereocenters. The summed E-state index contributed by atoms with van der Waals surface area (Å²) in [6.45, 7) is 1.75. The lowest BCUT2D eigenvalue weighted by atomic mass is 9.94. The van der Waals surface area contributed by atoms with E-state index in [1.54, 1.807) is 0 Å². The van der Waals surface area contributed by atoms with Crippen molar-refractivity contribution in [1.82, 2.24) is 15.3 Å². The van der Waals surface area contributed by atoms with Crippen LogP contribution >= 0.6 is 11.3 Å². The Bertz CT molecular complexity index is 1190. The first-order valence-electron chi connectivity index (χ1n) is 12.4. The van der Waals surface area contributed by atoms with E-state index >= 15 is 0 Å². The number of fused-ring (bicyclic) bond motifs is 3. The van der Waals surface area contributed by atoms with E-state index in [4.69, 9.17) is 9.97 Å². The molecule has 1 saturated heterocycles. The first kappa shape index (κ1) is 20.8. The van der Waals surface area contributed by atoms with E-state index < -0.39 is 0 Å². The Morgan fingerprint density at radius 2 is 1.79 bits per heavy atom. The highest BCUT2D eigenvalue weighted by molar-refractivity contribution is 7.19. The molecule has 6 heteroatoms. The number of carbonyl (C=O) groups excluding carboxylic acids is 1. The van der Waals surface area contributed by atoms with Crippen molar-refractivity contribution in [2.75, 3.05) is 18.0 Å². The number of rotatable bonds is 5. The second-order valence-electron chi connectivity index (χ2n) is 9.58. The number of nitrogens with one attached hydrogen (secondary N) is 1.